The predicted octanol–water partition coefficient (Wildman–Crippen LogP) is 3.28. The van der Waals surface area contributed by atoms with Crippen molar-refractivity contribution in [3.05, 3.63) is 34.9 Å². The van der Waals surface area contributed by atoms with Gasteiger partial charge in [0.2, 0.25) is 5.91 Å². The summed E-state index contributed by atoms with van der Waals surface area (Å²) in [6, 6.07) is 7.24. The molecule has 2 fully saturated rings. The number of amides is 1. The van der Waals surface area contributed by atoms with Crippen molar-refractivity contribution in [2.45, 2.75) is 44.6 Å². The molecule has 2 N–H and O–H groups in total. The molecule has 1 saturated carbocycles. The Balaban J connectivity index is 1.50. The van der Waals surface area contributed by atoms with Crippen LogP contribution in [-0.2, 0) is 4.79 Å². The van der Waals surface area contributed by atoms with Crippen molar-refractivity contribution in [1.82, 2.24) is 4.90 Å². The van der Waals surface area contributed by atoms with Crippen molar-refractivity contribution in [2.24, 2.45) is 17.6 Å². The molecule has 0 bridgehead atoms. The quantitative estimate of drug-likeness (QED) is 0.849. The van der Waals surface area contributed by atoms with E-state index >= 15 is 0 Å². The highest BCUT2D eigenvalue weighted by Crippen LogP contribution is 2.29. The van der Waals surface area contributed by atoms with Gasteiger partial charge in [0.25, 0.3) is 0 Å². The molecule has 0 aromatic heterocycles. The zero-order chi connectivity index (χ0) is 17.1. The third-order valence-electron chi connectivity index (χ3n) is 5.50. The summed E-state index contributed by atoms with van der Waals surface area (Å²) in [5.41, 5.74) is 6.78. The first-order valence-corrected chi connectivity index (χ1v) is 9.25. The van der Waals surface area contributed by atoms with Crippen molar-refractivity contribution in [3.8, 4) is 0 Å². The number of piperidine rings is 1. The number of nitrogens with two attached hydrogens (primary N) is 1. The van der Waals surface area contributed by atoms with Crippen molar-refractivity contribution in [3.63, 3.8) is 0 Å². The van der Waals surface area contributed by atoms with E-state index in [0.29, 0.717) is 36.0 Å². The van der Waals surface area contributed by atoms with Crippen LogP contribution in [0, 0.1) is 11.8 Å². The highest BCUT2D eigenvalue weighted by atomic mass is 35.5. The van der Waals surface area contributed by atoms with Crippen molar-refractivity contribution < 1.29 is 9.59 Å². The van der Waals surface area contributed by atoms with Crippen molar-refractivity contribution in [2.75, 3.05) is 13.1 Å². The number of Topliss-reactive ketones (excluding diaryl/α,β-unsaturated/α-hetero) is 1. The van der Waals surface area contributed by atoms with Crippen LogP contribution in [0.3, 0.4) is 0 Å². The lowest BCUT2D eigenvalue weighted by atomic mass is 9.88. The highest BCUT2D eigenvalue weighted by Gasteiger charge is 2.31. The van der Waals surface area contributed by atoms with Gasteiger partial charge >= 0.3 is 0 Å². The van der Waals surface area contributed by atoms with Gasteiger partial charge in [-0.1, -0.05) is 18.0 Å². The lowest BCUT2D eigenvalue weighted by Gasteiger charge is -2.32. The number of nitrogens with zero attached hydrogens (tertiary/aromatic N) is 1. The summed E-state index contributed by atoms with van der Waals surface area (Å²) in [5.74, 6) is 0.709. The normalized spacial score (nSPS) is 25.0. The van der Waals surface area contributed by atoms with Crippen LogP contribution in [-0.4, -0.2) is 35.7 Å². The van der Waals surface area contributed by atoms with Crippen LogP contribution in [0.15, 0.2) is 24.3 Å². The minimum atomic E-state index is 0.00367. The van der Waals surface area contributed by atoms with Crippen molar-refractivity contribution >= 4 is 23.3 Å². The van der Waals surface area contributed by atoms with Crippen LogP contribution in [0.5, 0.6) is 0 Å². The fraction of sp³-hybridized carbons (Fsp3) is 0.579. The zero-order valence-electron chi connectivity index (χ0n) is 13.9. The largest absolute Gasteiger partial charge is 0.343 e. The van der Waals surface area contributed by atoms with E-state index in [1.165, 1.54) is 0 Å². The highest BCUT2D eigenvalue weighted by molar-refractivity contribution is 6.30. The first kappa shape index (κ1) is 17.4. The Kier molecular flexibility index (Phi) is 5.57. The molecular formula is C19H25ClN2O2. The van der Waals surface area contributed by atoms with Gasteiger partial charge < -0.3 is 10.6 Å². The predicted molar refractivity (Wildman–Crippen MR) is 95.0 cm³/mol. The number of hydrogen-bond donors (Lipinski definition) is 1. The summed E-state index contributed by atoms with van der Waals surface area (Å²) >= 11 is 5.87. The van der Waals surface area contributed by atoms with Crippen LogP contribution in [0.2, 0.25) is 5.02 Å². The Bertz CT molecular complexity index is 594. The first-order chi connectivity index (χ1) is 11.5. The Labute approximate surface area is 148 Å². The number of ketones is 1. The zero-order valence-corrected chi connectivity index (χ0v) is 14.7. The third kappa shape index (κ3) is 3.98. The second-order valence-corrected chi connectivity index (χ2v) is 7.52. The van der Waals surface area contributed by atoms with Gasteiger partial charge in [-0.3, -0.25) is 9.59 Å². The maximum absolute atomic E-state index is 12.5. The lowest BCUT2D eigenvalue weighted by molar-refractivity contribution is -0.133. The Morgan fingerprint density at radius 3 is 2.33 bits per heavy atom. The van der Waals surface area contributed by atoms with E-state index < -0.39 is 0 Å². The maximum Gasteiger partial charge on any atom is 0.222 e. The second kappa shape index (κ2) is 7.66. The molecule has 1 heterocycles. The minimum absolute atomic E-state index is 0.00367. The first-order valence-electron chi connectivity index (χ1n) is 8.87. The number of hydrogen-bond acceptors (Lipinski definition) is 3. The molecule has 1 aromatic carbocycles. The fourth-order valence-electron chi connectivity index (χ4n) is 3.91. The van der Waals surface area contributed by atoms with Gasteiger partial charge in [0.15, 0.2) is 5.78 Å². The summed E-state index contributed by atoms with van der Waals surface area (Å²) in [6.07, 6.45) is 5.29. The van der Waals surface area contributed by atoms with Crippen LogP contribution in [0.1, 0.15) is 48.9 Å². The molecule has 1 saturated heterocycles. The molecule has 1 aromatic rings. The number of rotatable bonds is 4. The van der Waals surface area contributed by atoms with E-state index in [4.69, 9.17) is 17.3 Å². The Hall–Kier alpha value is -1.39. The van der Waals surface area contributed by atoms with E-state index in [-0.39, 0.29) is 23.7 Å². The number of benzene rings is 1. The molecule has 0 unspecified atom stereocenters. The smallest absolute Gasteiger partial charge is 0.222 e. The number of likely N-dealkylation sites (tertiary alicyclic amines) is 1. The topological polar surface area (TPSA) is 63.4 Å². The lowest BCUT2D eigenvalue weighted by Crippen LogP contribution is -2.41. The Morgan fingerprint density at radius 1 is 1.08 bits per heavy atom. The molecule has 0 spiro atoms. The van der Waals surface area contributed by atoms with E-state index in [9.17, 15) is 9.59 Å². The standard InChI is InChI=1S/C19H25ClN2O2/c20-16-6-4-13(5-7-16)19(24)14-8-10-22(11-9-14)18(23)12-15-2-1-3-17(15)21/h4-7,14-15,17H,1-3,8-12,21H2/t15-,17+/m0/s1. The molecule has 1 aliphatic heterocycles. The van der Waals surface area contributed by atoms with Gasteiger partial charge in [-0.05, 0) is 55.9 Å². The van der Waals surface area contributed by atoms with Crippen LogP contribution < -0.4 is 5.73 Å². The van der Waals surface area contributed by atoms with E-state index in [1.54, 1.807) is 24.3 Å². The van der Waals surface area contributed by atoms with Crippen LogP contribution >= 0.6 is 11.6 Å². The molecular weight excluding hydrogens is 324 g/mol. The van der Waals surface area contributed by atoms with Crippen molar-refractivity contribution in [1.29, 1.82) is 0 Å². The molecule has 3 rings (SSSR count). The SMILES string of the molecule is N[C@@H]1CCC[C@H]1CC(=O)N1CCC(C(=O)c2ccc(Cl)cc2)CC1. The summed E-state index contributed by atoms with van der Waals surface area (Å²) < 4.78 is 0. The van der Waals surface area contributed by atoms with Gasteiger partial charge in [-0.15, -0.1) is 0 Å². The van der Waals surface area contributed by atoms with Gasteiger partial charge in [-0.2, -0.15) is 0 Å². The van der Waals surface area contributed by atoms with Crippen LogP contribution in [0.4, 0.5) is 0 Å². The molecule has 1 aliphatic carbocycles. The molecule has 2 atom stereocenters. The summed E-state index contributed by atoms with van der Waals surface area (Å²) in [5, 5.41) is 0.636. The average molecular weight is 349 g/mol. The monoisotopic (exact) mass is 348 g/mol. The van der Waals surface area contributed by atoms with E-state index in [2.05, 4.69) is 0 Å². The maximum atomic E-state index is 12.5. The van der Waals surface area contributed by atoms with Gasteiger partial charge in [0, 0.05) is 42.1 Å². The molecule has 5 heteroatoms. The van der Waals surface area contributed by atoms with Gasteiger partial charge in [0.1, 0.15) is 0 Å². The van der Waals surface area contributed by atoms with E-state index in [0.717, 1.165) is 32.1 Å². The number of carbonyl (C=O) groups is 2. The number of carbonyl (C=O) groups excluding carboxylic acids is 2. The molecule has 2 aliphatic rings. The molecule has 130 valence electrons. The Morgan fingerprint density at radius 2 is 1.75 bits per heavy atom. The fourth-order valence-corrected chi connectivity index (χ4v) is 4.04. The third-order valence-corrected chi connectivity index (χ3v) is 5.75. The molecule has 1 amide bonds. The number of halogens is 1. The molecule has 0 radical (unpaired) electrons. The summed E-state index contributed by atoms with van der Waals surface area (Å²) in [7, 11) is 0. The minimum Gasteiger partial charge on any atom is -0.343 e. The summed E-state index contributed by atoms with van der Waals surface area (Å²) in [6.45, 7) is 1.34. The molecule has 4 nitrogen and oxygen atoms in total. The molecule has 24 heavy (non-hydrogen) atoms. The summed E-state index contributed by atoms with van der Waals surface area (Å²) in [4.78, 5) is 26.9. The van der Waals surface area contributed by atoms with Gasteiger partial charge in [0.05, 0.1) is 0 Å². The van der Waals surface area contributed by atoms with Crippen LogP contribution in [0.25, 0.3) is 0 Å². The van der Waals surface area contributed by atoms with E-state index in [1.807, 2.05) is 4.90 Å². The average Bonchev–Trinajstić information content (AvgIpc) is 3.00. The van der Waals surface area contributed by atoms with Gasteiger partial charge in [-0.25, -0.2) is 0 Å². The second-order valence-electron chi connectivity index (χ2n) is 7.09.